The summed E-state index contributed by atoms with van der Waals surface area (Å²) in [5, 5.41) is 0. The molecule has 1 fully saturated rings. The van der Waals surface area contributed by atoms with Gasteiger partial charge in [0.15, 0.2) is 23.0 Å². The lowest BCUT2D eigenvalue weighted by Crippen LogP contribution is -2.39. The van der Waals surface area contributed by atoms with E-state index in [-0.39, 0.29) is 18.7 Å². The van der Waals surface area contributed by atoms with E-state index in [4.69, 9.17) is 23.7 Å². The van der Waals surface area contributed by atoms with Crippen LogP contribution in [0.25, 0.3) is 0 Å². The average molecular weight is 461 g/mol. The molecule has 176 valence electrons. The molecule has 2 aliphatic rings. The fraction of sp³-hybridized carbons (Fsp3) is 0.321. The number of methoxy groups -OCH3 is 2. The van der Waals surface area contributed by atoms with Crippen LogP contribution >= 0.6 is 0 Å². The maximum atomic E-state index is 13.4. The molecule has 0 radical (unpaired) electrons. The smallest absolute Gasteiger partial charge is 0.313 e. The van der Waals surface area contributed by atoms with E-state index in [0.29, 0.717) is 37.4 Å². The number of rotatable bonds is 8. The molecule has 0 aromatic heterocycles. The second kappa shape index (κ2) is 9.29. The van der Waals surface area contributed by atoms with Crippen molar-refractivity contribution in [1.29, 1.82) is 0 Å². The van der Waals surface area contributed by atoms with Gasteiger partial charge in [0.1, 0.15) is 0 Å². The summed E-state index contributed by atoms with van der Waals surface area (Å²) < 4.78 is 27.7. The van der Waals surface area contributed by atoms with E-state index in [9.17, 15) is 4.79 Å². The molecule has 6 heteroatoms. The second-order valence-electron chi connectivity index (χ2n) is 8.87. The van der Waals surface area contributed by atoms with Crippen LogP contribution in [0.2, 0.25) is 0 Å². The lowest BCUT2D eigenvalue weighted by Gasteiger charge is -2.32. The molecule has 6 nitrogen and oxygen atoms in total. The van der Waals surface area contributed by atoms with Crippen molar-refractivity contribution in [2.45, 2.75) is 19.3 Å². The zero-order valence-corrected chi connectivity index (χ0v) is 19.4. The largest absolute Gasteiger partial charge is 0.493 e. The second-order valence-corrected chi connectivity index (χ2v) is 8.87. The van der Waals surface area contributed by atoms with Gasteiger partial charge in [0.25, 0.3) is 0 Å². The van der Waals surface area contributed by atoms with Crippen LogP contribution in [0.15, 0.2) is 66.7 Å². The molecule has 2 aliphatic heterocycles. The first-order valence-electron chi connectivity index (χ1n) is 11.4. The van der Waals surface area contributed by atoms with Gasteiger partial charge in [-0.3, -0.25) is 4.79 Å². The predicted octanol–water partition coefficient (Wildman–Crippen LogP) is 4.62. The van der Waals surface area contributed by atoms with Crippen molar-refractivity contribution in [3.8, 4) is 23.0 Å². The number of hydrogen-bond donors (Lipinski definition) is 0. The minimum absolute atomic E-state index is 0.0104. The molecular weight excluding hydrogens is 432 g/mol. The van der Waals surface area contributed by atoms with Crippen molar-refractivity contribution in [1.82, 2.24) is 0 Å². The van der Waals surface area contributed by atoms with Crippen molar-refractivity contribution in [3.63, 3.8) is 0 Å². The summed E-state index contributed by atoms with van der Waals surface area (Å²) in [7, 11) is 3.25. The van der Waals surface area contributed by atoms with E-state index in [1.165, 1.54) is 0 Å². The van der Waals surface area contributed by atoms with Crippen LogP contribution in [-0.4, -0.2) is 33.6 Å². The number of ether oxygens (including phenoxy) is 5. The number of cyclic esters (lactones) is 1. The van der Waals surface area contributed by atoms with Gasteiger partial charge in [-0.1, -0.05) is 42.5 Å². The highest BCUT2D eigenvalue weighted by atomic mass is 16.7. The van der Waals surface area contributed by atoms with Crippen molar-refractivity contribution in [2.24, 2.45) is 11.3 Å². The van der Waals surface area contributed by atoms with Gasteiger partial charge in [-0.25, -0.2) is 0 Å². The summed E-state index contributed by atoms with van der Waals surface area (Å²) in [6.07, 6.45) is 1.83. The highest BCUT2D eigenvalue weighted by molar-refractivity contribution is 5.80. The van der Waals surface area contributed by atoms with Crippen LogP contribution in [0.1, 0.15) is 16.7 Å². The third kappa shape index (κ3) is 4.16. The van der Waals surface area contributed by atoms with Crippen molar-refractivity contribution in [2.75, 3.05) is 27.6 Å². The van der Waals surface area contributed by atoms with E-state index < -0.39 is 5.41 Å². The molecule has 1 saturated heterocycles. The van der Waals surface area contributed by atoms with Gasteiger partial charge in [0.05, 0.1) is 26.2 Å². The lowest BCUT2D eigenvalue weighted by atomic mass is 9.67. The van der Waals surface area contributed by atoms with Crippen LogP contribution in [0.4, 0.5) is 0 Å². The lowest BCUT2D eigenvalue weighted by molar-refractivity contribution is -0.146. The van der Waals surface area contributed by atoms with Crippen LogP contribution in [-0.2, 0) is 28.8 Å². The number of hydrogen-bond acceptors (Lipinski definition) is 6. The molecule has 3 aromatic carbocycles. The van der Waals surface area contributed by atoms with Gasteiger partial charge in [-0.05, 0) is 60.2 Å². The Balaban J connectivity index is 1.50. The fourth-order valence-electron chi connectivity index (χ4n) is 5.06. The Kier molecular flexibility index (Phi) is 6.05. The van der Waals surface area contributed by atoms with Crippen LogP contribution < -0.4 is 18.9 Å². The zero-order chi connectivity index (χ0) is 23.5. The topological polar surface area (TPSA) is 63.2 Å². The number of fused-ring (bicyclic) bond motifs is 1. The normalized spacial score (nSPS) is 20.8. The van der Waals surface area contributed by atoms with Crippen LogP contribution in [0, 0.1) is 11.3 Å². The quantitative estimate of drug-likeness (QED) is 0.457. The Hall–Kier alpha value is -3.67. The van der Waals surface area contributed by atoms with E-state index in [2.05, 4.69) is 12.1 Å². The van der Waals surface area contributed by atoms with E-state index >= 15 is 0 Å². The number of benzene rings is 3. The standard InChI is InChI=1S/C28H28O6/c1-30-23-10-8-20(13-25(23)31-2)12-22-17-32-27(29)28(22,15-19-6-4-3-5-7-19)16-21-9-11-24-26(14-21)34-18-33-24/h3-11,13-14,22H,12,15-18H2,1-2H3/t22-,28-/m1/s1. The van der Waals surface area contributed by atoms with Crippen molar-refractivity contribution >= 4 is 5.97 Å². The highest BCUT2D eigenvalue weighted by Gasteiger charge is 2.52. The first kappa shape index (κ1) is 22.1. The molecule has 2 heterocycles. The zero-order valence-electron chi connectivity index (χ0n) is 19.4. The summed E-state index contributed by atoms with van der Waals surface area (Å²) >= 11 is 0. The molecule has 0 amide bonds. The van der Waals surface area contributed by atoms with Gasteiger partial charge >= 0.3 is 5.97 Å². The first-order chi connectivity index (χ1) is 16.6. The molecule has 3 aromatic rings. The van der Waals surface area contributed by atoms with Gasteiger partial charge in [0, 0.05) is 5.92 Å². The van der Waals surface area contributed by atoms with Crippen molar-refractivity contribution in [3.05, 3.63) is 83.4 Å². The number of esters is 1. The van der Waals surface area contributed by atoms with Gasteiger partial charge in [-0.2, -0.15) is 0 Å². The monoisotopic (exact) mass is 460 g/mol. The summed E-state index contributed by atoms with van der Waals surface area (Å²) in [5.74, 6) is 2.64. The summed E-state index contributed by atoms with van der Waals surface area (Å²) in [6, 6.07) is 22.0. The Labute approximate surface area is 199 Å². The average Bonchev–Trinajstić information content (AvgIpc) is 3.44. The molecule has 0 aliphatic carbocycles. The van der Waals surface area contributed by atoms with Gasteiger partial charge < -0.3 is 23.7 Å². The summed E-state index contributed by atoms with van der Waals surface area (Å²) in [5.41, 5.74) is 2.50. The van der Waals surface area contributed by atoms with Crippen molar-refractivity contribution < 1.29 is 28.5 Å². The first-order valence-corrected chi connectivity index (χ1v) is 11.4. The number of carbonyl (C=O) groups is 1. The Morgan fingerprint density at radius 2 is 1.53 bits per heavy atom. The van der Waals surface area contributed by atoms with Gasteiger partial charge in [0.2, 0.25) is 6.79 Å². The number of carbonyl (C=O) groups excluding carboxylic acids is 1. The molecule has 0 spiro atoms. The van der Waals surface area contributed by atoms with E-state index in [1.54, 1.807) is 14.2 Å². The molecule has 0 bridgehead atoms. The summed E-state index contributed by atoms with van der Waals surface area (Å²) in [4.78, 5) is 13.4. The SMILES string of the molecule is COc1ccc(C[C@@H]2COC(=O)[C@]2(Cc2ccccc2)Cc2ccc3c(c2)OCO3)cc1OC. The fourth-order valence-corrected chi connectivity index (χ4v) is 5.06. The molecule has 0 unspecified atom stereocenters. The highest BCUT2D eigenvalue weighted by Crippen LogP contribution is 2.45. The molecule has 34 heavy (non-hydrogen) atoms. The third-order valence-corrected chi connectivity index (χ3v) is 6.85. The third-order valence-electron chi connectivity index (χ3n) is 6.85. The maximum absolute atomic E-state index is 13.4. The Morgan fingerprint density at radius 3 is 2.32 bits per heavy atom. The minimum Gasteiger partial charge on any atom is -0.493 e. The molecule has 0 N–H and O–H groups in total. The van der Waals surface area contributed by atoms with Gasteiger partial charge in [-0.15, -0.1) is 0 Å². The Bertz CT molecular complexity index is 1170. The minimum atomic E-state index is -0.706. The summed E-state index contributed by atoms with van der Waals surface area (Å²) in [6.45, 7) is 0.600. The van der Waals surface area contributed by atoms with E-state index in [1.807, 2.05) is 54.6 Å². The molecule has 2 atom stereocenters. The van der Waals surface area contributed by atoms with Crippen LogP contribution in [0.3, 0.4) is 0 Å². The predicted molar refractivity (Wildman–Crippen MR) is 127 cm³/mol. The Morgan fingerprint density at radius 1 is 0.794 bits per heavy atom. The van der Waals surface area contributed by atoms with E-state index in [0.717, 1.165) is 28.2 Å². The molecule has 0 saturated carbocycles. The maximum Gasteiger partial charge on any atom is 0.313 e. The van der Waals surface area contributed by atoms with Crippen LogP contribution in [0.5, 0.6) is 23.0 Å². The molecular formula is C28H28O6. The molecule has 5 rings (SSSR count).